The van der Waals surface area contributed by atoms with Crippen molar-refractivity contribution < 1.29 is 19.1 Å². The van der Waals surface area contributed by atoms with Crippen molar-refractivity contribution in [3.8, 4) is 17.2 Å². The van der Waals surface area contributed by atoms with Gasteiger partial charge in [-0.1, -0.05) is 18.2 Å². The Morgan fingerprint density at radius 1 is 1.00 bits per heavy atom. The summed E-state index contributed by atoms with van der Waals surface area (Å²) in [6.07, 6.45) is 7.28. The molecular weight excluding hydrogens is 408 g/mol. The van der Waals surface area contributed by atoms with Crippen LogP contribution in [0.2, 0.25) is 0 Å². The number of carbonyl (C=O) groups is 2. The van der Waals surface area contributed by atoms with Crippen LogP contribution in [0, 0.1) is 0 Å². The molecule has 0 unspecified atom stereocenters. The smallest absolute Gasteiger partial charge is 0.310 e. The predicted octanol–water partition coefficient (Wildman–Crippen LogP) is 3.63. The summed E-state index contributed by atoms with van der Waals surface area (Å²) in [5, 5.41) is 0.945. The first kappa shape index (κ1) is 21.3. The van der Waals surface area contributed by atoms with Crippen molar-refractivity contribution in [3.05, 3.63) is 66.2 Å². The van der Waals surface area contributed by atoms with E-state index in [0.29, 0.717) is 24.7 Å². The number of nitrogens with zero attached hydrogens (tertiary/aromatic N) is 3. The van der Waals surface area contributed by atoms with Crippen LogP contribution in [-0.4, -0.2) is 44.7 Å². The van der Waals surface area contributed by atoms with Gasteiger partial charge in [-0.2, -0.15) is 0 Å². The summed E-state index contributed by atoms with van der Waals surface area (Å²) in [4.78, 5) is 36.5. The third-order valence-corrected chi connectivity index (χ3v) is 4.99. The Bertz CT molecular complexity index is 1260. The first-order valence-electron chi connectivity index (χ1n) is 10.5. The van der Waals surface area contributed by atoms with Crippen LogP contribution >= 0.6 is 0 Å². The van der Waals surface area contributed by atoms with Gasteiger partial charge in [0.2, 0.25) is 0 Å². The summed E-state index contributed by atoms with van der Waals surface area (Å²) in [7, 11) is 0. The van der Waals surface area contributed by atoms with E-state index in [4.69, 9.17) is 14.5 Å². The Balaban J connectivity index is 1.69. The van der Waals surface area contributed by atoms with Gasteiger partial charge >= 0.3 is 11.9 Å². The lowest BCUT2D eigenvalue weighted by atomic mass is 10.1. The third-order valence-electron chi connectivity index (χ3n) is 4.99. The third kappa shape index (κ3) is 4.54. The van der Waals surface area contributed by atoms with Crippen LogP contribution in [0.1, 0.15) is 25.0 Å². The van der Waals surface area contributed by atoms with Gasteiger partial charge in [-0.25, -0.2) is 4.98 Å². The minimum Gasteiger partial charge on any atom is -0.466 e. The Labute approximate surface area is 185 Å². The number of para-hydroxylation sites is 1. The molecule has 164 valence electrons. The summed E-state index contributed by atoms with van der Waals surface area (Å²) < 4.78 is 12.0. The molecule has 0 atom stereocenters. The topological polar surface area (TPSA) is 99.1 Å². The van der Waals surface area contributed by atoms with Crippen molar-refractivity contribution in [2.45, 2.75) is 26.7 Å². The van der Waals surface area contributed by atoms with E-state index in [-0.39, 0.29) is 24.8 Å². The number of H-pyrrole nitrogens is 1. The number of hydrogen-bond acceptors (Lipinski definition) is 6. The van der Waals surface area contributed by atoms with Crippen molar-refractivity contribution in [1.29, 1.82) is 0 Å². The summed E-state index contributed by atoms with van der Waals surface area (Å²) in [6, 6.07) is 9.64. The van der Waals surface area contributed by atoms with Gasteiger partial charge in [0.05, 0.1) is 44.1 Å². The zero-order chi connectivity index (χ0) is 22.5. The molecule has 32 heavy (non-hydrogen) atoms. The standard InChI is InChI=1S/C24H24N4O4/c1-3-31-22(29)11-16-9-10-28(15-16)21-14-25-13-20(26-21)24-18(12-23(30)32-4-2)17-7-5-6-8-19(17)27-24/h5-10,13-15,27H,3-4,11-12H2,1-2H3. The quantitative estimate of drug-likeness (QED) is 0.427. The summed E-state index contributed by atoms with van der Waals surface area (Å²) in [5.74, 6) is 0.0294. The van der Waals surface area contributed by atoms with Crippen LogP contribution in [0.25, 0.3) is 28.1 Å². The molecule has 3 heterocycles. The highest BCUT2D eigenvalue weighted by Gasteiger charge is 2.18. The van der Waals surface area contributed by atoms with Crippen LogP contribution in [0.3, 0.4) is 0 Å². The van der Waals surface area contributed by atoms with Crippen molar-refractivity contribution in [2.75, 3.05) is 13.2 Å². The van der Waals surface area contributed by atoms with Gasteiger partial charge in [0.25, 0.3) is 0 Å². The van der Waals surface area contributed by atoms with E-state index < -0.39 is 0 Å². The number of carbonyl (C=O) groups excluding carboxylic acids is 2. The van der Waals surface area contributed by atoms with Crippen molar-refractivity contribution in [2.24, 2.45) is 0 Å². The fourth-order valence-electron chi connectivity index (χ4n) is 3.63. The molecule has 3 aromatic heterocycles. The first-order chi connectivity index (χ1) is 15.6. The van der Waals surface area contributed by atoms with Gasteiger partial charge in [-0.05, 0) is 37.1 Å². The first-order valence-corrected chi connectivity index (χ1v) is 10.5. The maximum atomic E-state index is 12.2. The number of hydrogen-bond donors (Lipinski definition) is 1. The summed E-state index contributed by atoms with van der Waals surface area (Å²) in [6.45, 7) is 4.25. The lowest BCUT2D eigenvalue weighted by Crippen LogP contribution is -2.08. The fraction of sp³-hybridized carbons (Fsp3) is 0.250. The Hall–Kier alpha value is -3.94. The highest BCUT2D eigenvalue weighted by atomic mass is 16.5. The number of fused-ring (bicyclic) bond motifs is 1. The van der Waals surface area contributed by atoms with Crippen LogP contribution in [0.15, 0.2) is 55.1 Å². The molecule has 0 aliphatic rings. The monoisotopic (exact) mass is 432 g/mol. The average Bonchev–Trinajstić information content (AvgIpc) is 3.39. The van der Waals surface area contributed by atoms with Crippen molar-refractivity contribution in [1.82, 2.24) is 19.5 Å². The molecule has 1 N–H and O–H groups in total. The second-order valence-corrected chi connectivity index (χ2v) is 7.18. The molecule has 1 aromatic carbocycles. The molecule has 0 radical (unpaired) electrons. The van der Waals surface area contributed by atoms with Crippen LogP contribution in [0.4, 0.5) is 0 Å². The molecule has 0 aliphatic heterocycles. The van der Waals surface area contributed by atoms with Crippen molar-refractivity contribution in [3.63, 3.8) is 0 Å². The molecule has 0 fully saturated rings. The van der Waals surface area contributed by atoms with Crippen LogP contribution < -0.4 is 0 Å². The van der Waals surface area contributed by atoms with Gasteiger partial charge in [0.1, 0.15) is 5.69 Å². The zero-order valence-corrected chi connectivity index (χ0v) is 18.0. The number of ether oxygens (including phenoxy) is 2. The highest BCUT2D eigenvalue weighted by molar-refractivity contribution is 5.93. The van der Waals surface area contributed by atoms with E-state index in [2.05, 4.69) is 9.97 Å². The van der Waals surface area contributed by atoms with E-state index in [1.165, 1.54) is 0 Å². The highest BCUT2D eigenvalue weighted by Crippen LogP contribution is 2.30. The Kier molecular flexibility index (Phi) is 6.30. The number of rotatable bonds is 8. The second kappa shape index (κ2) is 9.47. The molecule has 4 rings (SSSR count). The van der Waals surface area contributed by atoms with E-state index in [1.54, 1.807) is 30.8 Å². The van der Waals surface area contributed by atoms with Crippen LogP contribution in [-0.2, 0) is 31.9 Å². The normalized spacial score (nSPS) is 10.9. The predicted molar refractivity (Wildman–Crippen MR) is 119 cm³/mol. The number of aromatic nitrogens is 4. The van der Waals surface area contributed by atoms with E-state index in [0.717, 1.165) is 27.7 Å². The van der Waals surface area contributed by atoms with Gasteiger partial charge in [-0.3, -0.25) is 14.6 Å². The molecule has 0 bridgehead atoms. The lowest BCUT2D eigenvalue weighted by molar-refractivity contribution is -0.143. The van der Waals surface area contributed by atoms with Gasteiger partial charge in [0, 0.05) is 23.3 Å². The zero-order valence-electron chi connectivity index (χ0n) is 18.0. The lowest BCUT2D eigenvalue weighted by Gasteiger charge is -2.07. The number of aromatic amines is 1. The van der Waals surface area contributed by atoms with E-state index in [1.807, 2.05) is 42.7 Å². The molecule has 0 saturated heterocycles. The molecule has 8 heteroatoms. The van der Waals surface area contributed by atoms with Crippen LogP contribution in [0.5, 0.6) is 0 Å². The van der Waals surface area contributed by atoms with Gasteiger partial charge < -0.3 is 19.0 Å². The maximum absolute atomic E-state index is 12.2. The van der Waals surface area contributed by atoms with Gasteiger partial charge in [0.15, 0.2) is 5.82 Å². The molecule has 8 nitrogen and oxygen atoms in total. The Morgan fingerprint density at radius 2 is 1.75 bits per heavy atom. The second-order valence-electron chi connectivity index (χ2n) is 7.18. The summed E-state index contributed by atoms with van der Waals surface area (Å²) >= 11 is 0. The SMILES string of the molecule is CCOC(=O)Cc1ccn(-c2cncc(-c3[nH]c4ccccc4c3CC(=O)OCC)n2)c1. The maximum Gasteiger partial charge on any atom is 0.310 e. The molecule has 4 aromatic rings. The Morgan fingerprint density at radius 3 is 2.53 bits per heavy atom. The van der Waals surface area contributed by atoms with Crippen molar-refractivity contribution >= 4 is 22.8 Å². The largest absolute Gasteiger partial charge is 0.466 e. The molecule has 0 aliphatic carbocycles. The van der Waals surface area contributed by atoms with E-state index in [9.17, 15) is 9.59 Å². The average molecular weight is 432 g/mol. The minimum absolute atomic E-state index is 0.131. The minimum atomic E-state index is -0.295. The number of benzene rings is 1. The molecule has 0 amide bonds. The number of nitrogens with one attached hydrogen (secondary N) is 1. The summed E-state index contributed by atoms with van der Waals surface area (Å²) in [5.41, 5.74) is 3.89. The molecule has 0 saturated carbocycles. The molecule has 0 spiro atoms. The number of esters is 2. The molecular formula is C24H24N4O4. The van der Waals surface area contributed by atoms with Gasteiger partial charge in [-0.15, -0.1) is 0 Å². The fourth-order valence-corrected chi connectivity index (χ4v) is 3.63. The van der Waals surface area contributed by atoms with E-state index >= 15 is 0 Å².